The monoisotopic (exact) mass is 358 g/mol. The van der Waals surface area contributed by atoms with Crippen LogP contribution in [-0.2, 0) is 4.79 Å². The number of carbonyl (C=O) groups excluding carboxylic acids is 1. The molecule has 0 aliphatic heterocycles. The third-order valence-corrected chi connectivity index (χ3v) is 5.16. The van der Waals surface area contributed by atoms with Crippen LogP contribution in [0.1, 0.15) is 6.92 Å². The van der Waals surface area contributed by atoms with Crippen molar-refractivity contribution in [2.75, 3.05) is 10.6 Å². The topological polar surface area (TPSA) is 66.9 Å². The minimum atomic E-state index is -0.332. The summed E-state index contributed by atoms with van der Waals surface area (Å²) in [5.74, 6) is -0.449. The molecule has 24 heavy (non-hydrogen) atoms. The van der Waals surface area contributed by atoms with E-state index < -0.39 is 0 Å². The summed E-state index contributed by atoms with van der Waals surface area (Å²) in [5.41, 5.74) is 1.91. The zero-order chi connectivity index (χ0) is 16.7. The summed E-state index contributed by atoms with van der Waals surface area (Å²) in [4.78, 5) is 19.9. The first-order valence-corrected chi connectivity index (χ1v) is 8.72. The molecule has 8 heteroatoms. The van der Waals surface area contributed by atoms with Crippen molar-refractivity contribution in [3.63, 3.8) is 0 Å². The summed E-state index contributed by atoms with van der Waals surface area (Å²) in [6, 6.07) is 10.4. The van der Waals surface area contributed by atoms with Gasteiger partial charge in [0.05, 0.1) is 14.9 Å². The number of fused-ring (bicyclic) bond motifs is 2. The van der Waals surface area contributed by atoms with Gasteiger partial charge in [-0.25, -0.2) is 14.4 Å². The molecule has 0 saturated carbocycles. The van der Waals surface area contributed by atoms with E-state index in [9.17, 15) is 9.18 Å². The number of aromatic nitrogens is 2. The van der Waals surface area contributed by atoms with Gasteiger partial charge in [-0.15, -0.1) is 0 Å². The molecule has 2 heterocycles. The summed E-state index contributed by atoms with van der Waals surface area (Å²) in [5, 5.41) is 7.14. The quantitative estimate of drug-likeness (QED) is 0.555. The number of hydrogen-bond donors (Lipinski definition) is 2. The lowest BCUT2D eigenvalue weighted by Gasteiger charge is -1.99. The Kier molecular flexibility index (Phi) is 3.62. The Morgan fingerprint density at radius 3 is 2.67 bits per heavy atom. The number of halogens is 1. The fraction of sp³-hybridized carbons (Fsp3) is 0.0625. The third-order valence-electron chi connectivity index (χ3n) is 3.29. The molecule has 2 N–H and O–H groups in total. The van der Waals surface area contributed by atoms with Gasteiger partial charge in [0.2, 0.25) is 5.91 Å². The van der Waals surface area contributed by atoms with E-state index in [0.29, 0.717) is 15.8 Å². The van der Waals surface area contributed by atoms with Crippen molar-refractivity contribution in [3.05, 3.63) is 42.2 Å². The van der Waals surface area contributed by atoms with Gasteiger partial charge >= 0.3 is 0 Å². The number of amides is 1. The molecule has 0 bridgehead atoms. The first kappa shape index (κ1) is 15.0. The highest BCUT2D eigenvalue weighted by Crippen LogP contribution is 2.33. The molecule has 4 rings (SSSR count). The van der Waals surface area contributed by atoms with E-state index in [1.54, 1.807) is 12.1 Å². The van der Waals surface area contributed by atoms with E-state index in [1.165, 1.54) is 35.7 Å². The third kappa shape index (κ3) is 2.81. The second-order valence-electron chi connectivity index (χ2n) is 5.11. The molecule has 0 unspecified atom stereocenters. The second-order valence-corrected chi connectivity index (χ2v) is 7.17. The van der Waals surface area contributed by atoms with Gasteiger partial charge in [0.1, 0.15) is 11.3 Å². The SMILES string of the molecule is CC(=O)Nc1ccc2nc(Nc3nc4c(F)cccc4s3)sc2c1. The predicted molar refractivity (Wildman–Crippen MR) is 96.8 cm³/mol. The zero-order valence-electron chi connectivity index (χ0n) is 12.5. The lowest BCUT2D eigenvalue weighted by molar-refractivity contribution is -0.114. The van der Waals surface area contributed by atoms with Crippen molar-refractivity contribution in [3.8, 4) is 0 Å². The minimum absolute atomic E-state index is 0.117. The van der Waals surface area contributed by atoms with Crippen LogP contribution in [0.15, 0.2) is 36.4 Å². The number of para-hydroxylation sites is 1. The number of carbonyl (C=O) groups is 1. The zero-order valence-corrected chi connectivity index (χ0v) is 14.1. The molecule has 0 aliphatic carbocycles. The molecule has 0 saturated heterocycles. The summed E-state index contributed by atoms with van der Waals surface area (Å²) >= 11 is 2.82. The average molecular weight is 358 g/mol. The Morgan fingerprint density at radius 2 is 1.88 bits per heavy atom. The van der Waals surface area contributed by atoms with Crippen LogP contribution in [0.2, 0.25) is 0 Å². The average Bonchev–Trinajstić information content (AvgIpc) is 3.10. The van der Waals surface area contributed by atoms with Gasteiger partial charge in [-0.3, -0.25) is 4.79 Å². The number of anilines is 3. The molecule has 0 spiro atoms. The maximum absolute atomic E-state index is 13.7. The smallest absolute Gasteiger partial charge is 0.221 e. The van der Waals surface area contributed by atoms with Crippen LogP contribution in [0.3, 0.4) is 0 Å². The number of benzene rings is 2. The lowest BCUT2D eigenvalue weighted by atomic mass is 10.3. The lowest BCUT2D eigenvalue weighted by Crippen LogP contribution is -2.05. The van der Waals surface area contributed by atoms with Gasteiger partial charge in [-0.05, 0) is 30.3 Å². The van der Waals surface area contributed by atoms with Gasteiger partial charge < -0.3 is 10.6 Å². The van der Waals surface area contributed by atoms with E-state index in [0.717, 1.165) is 20.6 Å². The van der Waals surface area contributed by atoms with E-state index in [1.807, 2.05) is 18.2 Å². The number of nitrogens with one attached hydrogen (secondary N) is 2. The van der Waals surface area contributed by atoms with Crippen molar-refractivity contribution >= 4 is 65.0 Å². The van der Waals surface area contributed by atoms with Crippen molar-refractivity contribution in [1.82, 2.24) is 9.97 Å². The molecule has 4 aromatic rings. The summed E-state index contributed by atoms with van der Waals surface area (Å²) < 4.78 is 15.4. The van der Waals surface area contributed by atoms with E-state index in [2.05, 4.69) is 20.6 Å². The molecule has 2 aromatic carbocycles. The van der Waals surface area contributed by atoms with Crippen molar-refractivity contribution in [1.29, 1.82) is 0 Å². The van der Waals surface area contributed by atoms with E-state index in [4.69, 9.17) is 0 Å². The molecule has 5 nitrogen and oxygen atoms in total. The van der Waals surface area contributed by atoms with E-state index in [-0.39, 0.29) is 11.7 Å². The fourth-order valence-electron chi connectivity index (χ4n) is 2.32. The molecule has 0 atom stereocenters. The number of nitrogens with zero attached hydrogens (tertiary/aromatic N) is 2. The summed E-state index contributed by atoms with van der Waals surface area (Å²) in [6.07, 6.45) is 0. The fourth-order valence-corrected chi connectivity index (χ4v) is 4.17. The van der Waals surface area contributed by atoms with Crippen LogP contribution in [0.4, 0.5) is 20.3 Å². The summed E-state index contributed by atoms with van der Waals surface area (Å²) in [6.45, 7) is 1.47. The van der Waals surface area contributed by atoms with Crippen molar-refractivity contribution < 1.29 is 9.18 Å². The number of thiazole rings is 2. The second kappa shape index (κ2) is 5.81. The highest BCUT2D eigenvalue weighted by Gasteiger charge is 2.11. The maximum atomic E-state index is 13.7. The van der Waals surface area contributed by atoms with Crippen molar-refractivity contribution in [2.45, 2.75) is 6.92 Å². The van der Waals surface area contributed by atoms with E-state index >= 15 is 0 Å². The molecule has 0 aliphatic rings. The Hall–Kier alpha value is -2.58. The van der Waals surface area contributed by atoms with Crippen LogP contribution in [0.25, 0.3) is 20.4 Å². The van der Waals surface area contributed by atoms with Gasteiger partial charge in [0.25, 0.3) is 0 Å². The molecule has 0 fully saturated rings. The first-order chi connectivity index (χ1) is 11.6. The normalized spacial score (nSPS) is 11.1. The highest BCUT2D eigenvalue weighted by molar-refractivity contribution is 7.24. The van der Waals surface area contributed by atoms with Crippen LogP contribution in [-0.4, -0.2) is 15.9 Å². The standard InChI is InChI=1S/C16H11FN4OS2/c1-8(22)18-9-5-6-11-13(7-9)24-15(19-11)21-16-20-14-10(17)3-2-4-12(14)23-16/h2-7H,1H3,(H,18,22)(H,19,20,21). The molecule has 1 amide bonds. The molecule has 0 radical (unpaired) electrons. The number of hydrogen-bond acceptors (Lipinski definition) is 6. The predicted octanol–water partition coefficient (Wildman–Crippen LogP) is 4.75. The Morgan fingerprint density at radius 1 is 1.08 bits per heavy atom. The largest absolute Gasteiger partial charge is 0.326 e. The van der Waals surface area contributed by atoms with Gasteiger partial charge in [0.15, 0.2) is 10.3 Å². The minimum Gasteiger partial charge on any atom is -0.326 e. The Bertz CT molecular complexity index is 1070. The molecular formula is C16H11FN4OS2. The Labute approximate surface area is 144 Å². The van der Waals surface area contributed by atoms with Crippen LogP contribution >= 0.6 is 22.7 Å². The molecular weight excluding hydrogens is 347 g/mol. The van der Waals surface area contributed by atoms with Gasteiger partial charge in [-0.1, -0.05) is 28.7 Å². The van der Waals surface area contributed by atoms with Crippen LogP contribution < -0.4 is 10.6 Å². The van der Waals surface area contributed by atoms with Gasteiger partial charge in [0, 0.05) is 12.6 Å². The van der Waals surface area contributed by atoms with Crippen LogP contribution in [0, 0.1) is 5.82 Å². The number of rotatable bonds is 3. The first-order valence-electron chi connectivity index (χ1n) is 7.09. The van der Waals surface area contributed by atoms with Gasteiger partial charge in [-0.2, -0.15) is 0 Å². The van der Waals surface area contributed by atoms with Crippen molar-refractivity contribution in [2.24, 2.45) is 0 Å². The van der Waals surface area contributed by atoms with Crippen LogP contribution in [0.5, 0.6) is 0 Å². The summed E-state index contributed by atoms with van der Waals surface area (Å²) in [7, 11) is 0. The maximum Gasteiger partial charge on any atom is 0.221 e. The highest BCUT2D eigenvalue weighted by atomic mass is 32.1. The molecule has 120 valence electrons. The Balaban J connectivity index is 1.65. The molecule has 2 aromatic heterocycles.